The first-order valence-corrected chi connectivity index (χ1v) is 25.8. The van der Waals surface area contributed by atoms with E-state index in [1.54, 1.807) is 0 Å². The Morgan fingerprint density at radius 3 is 1.73 bits per heavy atom. The summed E-state index contributed by atoms with van der Waals surface area (Å²) in [4.78, 5) is 2.71. The molecule has 10 aromatic rings. The lowest BCUT2D eigenvalue weighted by Crippen LogP contribution is -2.60. The number of rotatable bonds is 1. The summed E-state index contributed by atoms with van der Waals surface area (Å²) in [6.07, 6.45) is 2.34. The Kier molecular flexibility index (Phi) is 7.48. The van der Waals surface area contributed by atoms with E-state index in [0.717, 1.165) is 11.2 Å². The van der Waals surface area contributed by atoms with E-state index in [0.29, 0.717) is 0 Å². The van der Waals surface area contributed by atoms with Crippen LogP contribution in [-0.4, -0.2) is 11.4 Å². The summed E-state index contributed by atoms with van der Waals surface area (Å²) in [6.45, 7) is 26.2. The number of furan rings is 1. The SMILES string of the molecule is CC(C)(C)c1ccc(N2B3c4cc5c(cc4-n4c6cc7c(cc6c6ccc(c3c64)-c3cc4oc6cc8c(cc6c4cc32)C(C)(C)CCC8(C)C)C(C)(C)c2ccccc2-7)C(C)(C)c2ccccc2-5)cc1. The molecule has 0 saturated heterocycles. The topological polar surface area (TPSA) is 21.3 Å². The Morgan fingerprint density at radius 2 is 1.06 bits per heavy atom. The van der Waals surface area contributed by atoms with Crippen LogP contribution in [0.15, 0.2) is 138 Å². The Hall–Kier alpha value is -6.78. The number of hydrogen-bond acceptors (Lipinski definition) is 2. The van der Waals surface area contributed by atoms with Crippen molar-refractivity contribution < 1.29 is 4.42 Å². The molecule has 2 aromatic heterocycles. The van der Waals surface area contributed by atoms with Gasteiger partial charge in [-0.2, -0.15) is 0 Å². The molecule has 0 fully saturated rings. The van der Waals surface area contributed by atoms with Gasteiger partial charge in [0.25, 0.3) is 0 Å². The maximum absolute atomic E-state index is 7.08. The second-order valence-electron chi connectivity index (χ2n) is 25.2. The number of fused-ring (bicyclic) bond motifs is 18. The fraction of sp³-hybridized carbons (Fsp3) is 0.273. The maximum Gasteiger partial charge on any atom is 0.333 e. The molecule has 0 bridgehead atoms. The predicted molar refractivity (Wildman–Crippen MR) is 296 cm³/mol. The lowest BCUT2D eigenvalue weighted by molar-refractivity contribution is 0.332. The van der Waals surface area contributed by atoms with Gasteiger partial charge in [-0.25, -0.2) is 0 Å². The summed E-state index contributed by atoms with van der Waals surface area (Å²) in [5.41, 5.74) is 28.6. The molecule has 4 heteroatoms. The number of aromatic nitrogens is 1. The smallest absolute Gasteiger partial charge is 0.333 e. The summed E-state index contributed by atoms with van der Waals surface area (Å²) < 4.78 is 9.77. The van der Waals surface area contributed by atoms with Crippen LogP contribution in [0.25, 0.3) is 82.8 Å². The molecule has 3 aliphatic carbocycles. The third-order valence-corrected chi connectivity index (χ3v) is 18.6. The molecule has 0 unspecified atom stereocenters. The number of anilines is 2. The van der Waals surface area contributed by atoms with Gasteiger partial charge in [0.15, 0.2) is 0 Å². The molecular weight excluding hydrogens is 848 g/mol. The van der Waals surface area contributed by atoms with Crippen LogP contribution >= 0.6 is 0 Å². The minimum atomic E-state index is -0.159. The molecule has 0 amide bonds. The molecular formula is C66H59BN2O. The summed E-state index contributed by atoms with van der Waals surface area (Å²) >= 11 is 0. The molecule has 15 rings (SSSR count). The minimum Gasteiger partial charge on any atom is -0.456 e. The average Bonchev–Trinajstić information content (AvgIpc) is 4.00. The van der Waals surface area contributed by atoms with Crippen molar-refractivity contribution in [2.75, 3.05) is 4.81 Å². The highest BCUT2D eigenvalue weighted by Crippen LogP contribution is 2.56. The van der Waals surface area contributed by atoms with Gasteiger partial charge in [-0.3, -0.25) is 0 Å². The monoisotopic (exact) mass is 906 g/mol. The molecule has 0 atom stereocenters. The second kappa shape index (κ2) is 12.8. The Balaban J connectivity index is 1.09. The Morgan fingerprint density at radius 1 is 0.471 bits per heavy atom. The molecule has 3 nitrogen and oxygen atoms in total. The second-order valence-corrected chi connectivity index (χ2v) is 25.2. The van der Waals surface area contributed by atoms with E-state index in [9.17, 15) is 0 Å². The van der Waals surface area contributed by atoms with E-state index in [1.165, 1.54) is 146 Å². The summed E-state index contributed by atoms with van der Waals surface area (Å²) in [7, 11) is 0. The van der Waals surface area contributed by atoms with Crippen molar-refractivity contribution in [3.63, 3.8) is 0 Å². The van der Waals surface area contributed by atoms with Crippen molar-refractivity contribution >= 4 is 72.9 Å². The zero-order valence-electron chi connectivity index (χ0n) is 42.5. The quantitative estimate of drug-likeness (QED) is 0.153. The zero-order chi connectivity index (χ0) is 47.9. The number of benzene rings is 8. The Bertz CT molecular complexity index is 4050. The van der Waals surface area contributed by atoms with Crippen molar-refractivity contribution in [1.29, 1.82) is 0 Å². The van der Waals surface area contributed by atoms with Gasteiger partial charge >= 0.3 is 6.85 Å². The van der Waals surface area contributed by atoms with Gasteiger partial charge < -0.3 is 13.8 Å². The van der Waals surface area contributed by atoms with Crippen molar-refractivity contribution in [2.45, 2.75) is 116 Å². The van der Waals surface area contributed by atoms with Gasteiger partial charge in [-0.05, 0) is 161 Å². The molecule has 2 aliphatic heterocycles. The standard InChI is InChI=1S/C66H59BN2O/c1-62(2,3)36-20-22-37(23-21-36)69-56-32-47-46-29-52-53(64(6,7)27-26-63(52,4)5)35-59(46)70-58(47)33-45(56)40-24-25-41-44-28-50-43(39-17-13-15-19-49(39)65(50,8)9)31-55(44)68-57-34-51-42(30-54(57)67(69)60(40)61(41)68)38-16-12-14-18-48(38)66(51,10)11/h12-25,28-35H,26-27H2,1-11H3. The summed E-state index contributed by atoms with van der Waals surface area (Å²) in [6, 6.07) is 52.8. The third kappa shape index (κ3) is 4.98. The van der Waals surface area contributed by atoms with Crippen LogP contribution in [0.3, 0.4) is 0 Å². The van der Waals surface area contributed by atoms with Crippen LogP contribution in [0.1, 0.15) is 128 Å². The first-order chi connectivity index (χ1) is 33.3. The van der Waals surface area contributed by atoms with E-state index < -0.39 is 0 Å². The molecule has 0 spiro atoms. The molecule has 0 saturated carbocycles. The van der Waals surface area contributed by atoms with Gasteiger partial charge in [0.1, 0.15) is 11.2 Å². The third-order valence-electron chi connectivity index (χ3n) is 18.6. The van der Waals surface area contributed by atoms with Crippen LogP contribution in [0, 0.1) is 0 Å². The van der Waals surface area contributed by atoms with Gasteiger partial charge in [0, 0.05) is 55.0 Å². The average molecular weight is 907 g/mol. The van der Waals surface area contributed by atoms with Gasteiger partial charge in [0.2, 0.25) is 0 Å². The largest absolute Gasteiger partial charge is 0.456 e. The maximum atomic E-state index is 7.08. The van der Waals surface area contributed by atoms with Gasteiger partial charge in [-0.15, -0.1) is 0 Å². The normalized spacial score (nSPS) is 17.9. The number of hydrogen-bond donors (Lipinski definition) is 0. The molecule has 4 heterocycles. The fourth-order valence-corrected chi connectivity index (χ4v) is 14.5. The molecule has 70 heavy (non-hydrogen) atoms. The first-order valence-electron chi connectivity index (χ1n) is 25.8. The van der Waals surface area contributed by atoms with E-state index >= 15 is 0 Å². The highest BCUT2D eigenvalue weighted by molar-refractivity contribution is 6.93. The lowest BCUT2D eigenvalue weighted by Gasteiger charge is -2.42. The molecule has 342 valence electrons. The van der Waals surface area contributed by atoms with Crippen LogP contribution in [0.4, 0.5) is 11.4 Å². The molecule has 5 aliphatic rings. The highest BCUT2D eigenvalue weighted by Gasteiger charge is 2.48. The summed E-state index contributed by atoms with van der Waals surface area (Å²) in [5, 5.41) is 5.03. The molecule has 8 aromatic carbocycles. The number of nitrogens with zero attached hydrogens (tertiary/aromatic N) is 2. The lowest BCUT2D eigenvalue weighted by atomic mass is 9.43. The highest BCUT2D eigenvalue weighted by atomic mass is 16.3. The first kappa shape index (κ1) is 41.0. The van der Waals surface area contributed by atoms with E-state index in [4.69, 9.17) is 4.42 Å². The van der Waals surface area contributed by atoms with Crippen molar-refractivity contribution in [2.24, 2.45) is 0 Å². The molecule has 0 radical (unpaired) electrons. The van der Waals surface area contributed by atoms with Crippen molar-refractivity contribution in [1.82, 2.24) is 4.57 Å². The predicted octanol–water partition coefficient (Wildman–Crippen LogP) is 16.2. The van der Waals surface area contributed by atoms with Crippen molar-refractivity contribution in [3.8, 4) is 39.1 Å². The molecule has 0 N–H and O–H groups in total. The van der Waals surface area contributed by atoms with Gasteiger partial charge in [-0.1, -0.05) is 155 Å². The van der Waals surface area contributed by atoms with Crippen molar-refractivity contribution in [3.05, 3.63) is 172 Å². The van der Waals surface area contributed by atoms with Crippen LogP contribution in [-0.2, 0) is 27.1 Å². The fourth-order valence-electron chi connectivity index (χ4n) is 14.5. The Labute approximate surface area is 412 Å². The summed E-state index contributed by atoms with van der Waals surface area (Å²) in [5.74, 6) is 0. The van der Waals surface area contributed by atoms with Gasteiger partial charge in [0.05, 0.1) is 11.0 Å². The van der Waals surface area contributed by atoms with Crippen LogP contribution in [0.5, 0.6) is 0 Å². The van der Waals surface area contributed by atoms with E-state index in [1.807, 2.05) is 0 Å². The van der Waals surface area contributed by atoms with Crippen LogP contribution < -0.4 is 15.7 Å². The van der Waals surface area contributed by atoms with E-state index in [2.05, 4.69) is 219 Å². The van der Waals surface area contributed by atoms with E-state index in [-0.39, 0.29) is 33.9 Å². The zero-order valence-corrected chi connectivity index (χ0v) is 42.5. The van der Waals surface area contributed by atoms with Crippen LogP contribution in [0.2, 0.25) is 0 Å². The minimum absolute atomic E-state index is 0.0228.